The molecule has 0 saturated heterocycles. The molecule has 0 amide bonds. The fourth-order valence-corrected chi connectivity index (χ4v) is 6.64. The molecule has 0 radical (unpaired) electrons. The highest BCUT2D eigenvalue weighted by Crippen LogP contribution is 2.49. The van der Waals surface area contributed by atoms with Crippen molar-refractivity contribution in [2.45, 2.75) is 0 Å². The van der Waals surface area contributed by atoms with Crippen molar-refractivity contribution in [1.82, 2.24) is 0 Å². The Balaban J connectivity index is 1.67. The normalized spacial score (nSPS) is 11.4. The molecule has 0 N–H and O–H groups in total. The highest BCUT2D eigenvalue weighted by atomic mass is 127. The van der Waals surface area contributed by atoms with Gasteiger partial charge in [0, 0.05) is 21.0 Å². The van der Waals surface area contributed by atoms with Crippen molar-refractivity contribution >= 4 is 99.7 Å². The van der Waals surface area contributed by atoms with Crippen molar-refractivity contribution in [2.24, 2.45) is 0 Å². The third kappa shape index (κ3) is 16.0. The van der Waals surface area contributed by atoms with E-state index < -0.39 is 0 Å². The van der Waals surface area contributed by atoms with Crippen LogP contribution in [0.5, 0.6) is 11.5 Å². The maximum absolute atomic E-state index is 6.04. The predicted molar refractivity (Wildman–Crippen MR) is 177 cm³/mol. The van der Waals surface area contributed by atoms with Crippen LogP contribution in [0.15, 0.2) is 19.7 Å². The molecule has 0 aliphatic carbocycles. The van der Waals surface area contributed by atoms with Crippen molar-refractivity contribution in [2.75, 3.05) is 101 Å². The topological polar surface area (TPSA) is 73.8 Å². The molecule has 0 aliphatic rings. The van der Waals surface area contributed by atoms with Gasteiger partial charge in [-0.3, -0.25) is 0 Å². The van der Waals surface area contributed by atoms with E-state index in [2.05, 4.69) is 77.0 Å². The molecular formula is C24H34Br2I2O8S2. The molecule has 0 bridgehead atoms. The van der Waals surface area contributed by atoms with Gasteiger partial charge in [0.25, 0.3) is 0 Å². The average Bonchev–Trinajstić information content (AvgIpc) is 3.46. The number of thiophene rings is 2. The Labute approximate surface area is 277 Å². The van der Waals surface area contributed by atoms with Gasteiger partial charge < -0.3 is 37.9 Å². The van der Waals surface area contributed by atoms with Crippen LogP contribution < -0.4 is 9.47 Å². The number of alkyl halides is 2. The highest BCUT2D eigenvalue weighted by Gasteiger charge is 2.19. The fraction of sp³-hybridized carbons (Fsp3) is 0.667. The molecule has 2 rings (SSSR count). The average molecular weight is 928 g/mol. The lowest BCUT2D eigenvalue weighted by Crippen LogP contribution is -2.13. The zero-order valence-corrected chi connectivity index (χ0v) is 30.2. The van der Waals surface area contributed by atoms with E-state index in [4.69, 9.17) is 37.9 Å². The number of hydrogen-bond acceptors (Lipinski definition) is 10. The summed E-state index contributed by atoms with van der Waals surface area (Å²) in [6, 6.07) is 3.96. The van der Waals surface area contributed by atoms with Crippen LogP contribution in [0.25, 0.3) is 9.75 Å². The third-order valence-electron chi connectivity index (χ3n) is 4.44. The van der Waals surface area contributed by atoms with Crippen molar-refractivity contribution in [3.05, 3.63) is 19.7 Å². The second-order valence-corrected chi connectivity index (χ2v) is 14.3. The molecule has 0 unspecified atom stereocenters. The molecule has 38 heavy (non-hydrogen) atoms. The number of rotatable bonds is 25. The van der Waals surface area contributed by atoms with E-state index in [1.165, 1.54) is 0 Å². The molecule has 2 aromatic rings. The Hall–Kier alpha value is 1.18. The van der Waals surface area contributed by atoms with Gasteiger partial charge in [-0.15, -0.1) is 22.7 Å². The quantitative estimate of drug-likeness (QED) is 0.0618. The second-order valence-electron chi connectivity index (χ2n) is 7.24. The minimum atomic E-state index is 0.442. The smallest absolute Gasteiger partial charge is 0.140 e. The van der Waals surface area contributed by atoms with Crippen LogP contribution in [-0.4, -0.2) is 101 Å². The molecule has 0 aromatic carbocycles. The van der Waals surface area contributed by atoms with Crippen molar-refractivity contribution in [3.8, 4) is 21.3 Å². The molecule has 8 nitrogen and oxygen atoms in total. The largest absolute Gasteiger partial charge is 0.490 e. The van der Waals surface area contributed by atoms with Crippen LogP contribution in [-0.2, 0) is 28.4 Å². The van der Waals surface area contributed by atoms with Gasteiger partial charge in [0.05, 0.1) is 96.6 Å². The molecule has 0 spiro atoms. The van der Waals surface area contributed by atoms with Gasteiger partial charge in [-0.1, -0.05) is 45.2 Å². The van der Waals surface area contributed by atoms with Crippen LogP contribution in [0.4, 0.5) is 0 Å². The first-order chi connectivity index (χ1) is 18.7. The zero-order chi connectivity index (χ0) is 27.3. The molecule has 0 saturated carbocycles. The summed E-state index contributed by atoms with van der Waals surface area (Å²) in [4.78, 5) is 2.02. The molecule has 0 aliphatic heterocycles. The molecule has 2 aromatic heterocycles. The summed E-state index contributed by atoms with van der Waals surface area (Å²) in [6.07, 6.45) is 0. The first-order valence-electron chi connectivity index (χ1n) is 12.1. The number of halogens is 4. The lowest BCUT2D eigenvalue weighted by atomic mass is 10.3. The van der Waals surface area contributed by atoms with E-state index >= 15 is 0 Å². The van der Waals surface area contributed by atoms with E-state index in [-0.39, 0.29) is 0 Å². The van der Waals surface area contributed by atoms with Gasteiger partial charge >= 0.3 is 0 Å². The molecule has 0 atom stereocenters. The van der Waals surface area contributed by atoms with Gasteiger partial charge in [0.1, 0.15) is 24.7 Å². The molecule has 14 heteroatoms. The molecule has 0 fully saturated rings. The summed E-state index contributed by atoms with van der Waals surface area (Å²) in [7, 11) is 0. The summed E-state index contributed by atoms with van der Waals surface area (Å²) >= 11 is 15.0. The summed E-state index contributed by atoms with van der Waals surface area (Å²) in [6.45, 7) is 7.87. The van der Waals surface area contributed by atoms with Gasteiger partial charge in [0.15, 0.2) is 0 Å². The van der Waals surface area contributed by atoms with Gasteiger partial charge in [-0.05, 0) is 31.9 Å². The third-order valence-corrected chi connectivity index (χ3v) is 8.73. The standard InChI is InChI=1S/C24H34Br2I2O8S2/c25-21-17-19(35-15-13-33-11-9-31-7-5-29-3-1-27)23(37-21)24-20(18-22(26)38-24)36-16-14-34-12-10-32-8-6-30-4-2-28/h17-18H,1-16H2. The Bertz CT molecular complexity index is 791. The van der Waals surface area contributed by atoms with Gasteiger partial charge in [-0.2, -0.15) is 0 Å². The van der Waals surface area contributed by atoms with Crippen LogP contribution in [0, 0.1) is 0 Å². The zero-order valence-electron chi connectivity index (χ0n) is 21.1. The maximum atomic E-state index is 6.04. The lowest BCUT2D eigenvalue weighted by molar-refractivity contribution is 0.0119. The minimum Gasteiger partial charge on any atom is -0.490 e. The first kappa shape index (κ1) is 35.4. The van der Waals surface area contributed by atoms with Crippen molar-refractivity contribution in [1.29, 1.82) is 0 Å². The summed E-state index contributed by atoms with van der Waals surface area (Å²) in [5.41, 5.74) is 0. The first-order valence-corrected chi connectivity index (χ1v) is 18.4. The van der Waals surface area contributed by atoms with E-state index in [9.17, 15) is 0 Å². The van der Waals surface area contributed by atoms with E-state index in [1.807, 2.05) is 12.1 Å². The second kappa shape index (κ2) is 23.7. The lowest BCUT2D eigenvalue weighted by Gasteiger charge is -2.10. The Morgan fingerprint density at radius 2 is 0.763 bits per heavy atom. The highest BCUT2D eigenvalue weighted by molar-refractivity contribution is 14.1. The number of hydrogen-bond donors (Lipinski definition) is 0. The monoisotopic (exact) mass is 926 g/mol. The SMILES string of the molecule is Brc1cc(OCCOCCOCCOCCI)c(-c2sc(Br)cc2OCCOCCOCCOCCI)s1. The van der Waals surface area contributed by atoms with Crippen molar-refractivity contribution < 1.29 is 37.9 Å². The molecule has 218 valence electrons. The van der Waals surface area contributed by atoms with Gasteiger partial charge in [-0.25, -0.2) is 0 Å². The van der Waals surface area contributed by atoms with Crippen LogP contribution in [0.3, 0.4) is 0 Å². The summed E-state index contributed by atoms with van der Waals surface area (Å²) in [5.74, 6) is 1.59. The van der Waals surface area contributed by atoms with Crippen LogP contribution in [0.1, 0.15) is 0 Å². The maximum Gasteiger partial charge on any atom is 0.140 e. The van der Waals surface area contributed by atoms with E-state index in [0.29, 0.717) is 79.3 Å². The predicted octanol–water partition coefficient (Wildman–Crippen LogP) is 6.73. The summed E-state index contributed by atoms with van der Waals surface area (Å²) in [5, 5.41) is 0. The van der Waals surface area contributed by atoms with E-state index in [1.54, 1.807) is 22.7 Å². The Morgan fingerprint density at radius 3 is 1.08 bits per heavy atom. The number of ether oxygens (including phenoxy) is 8. The Morgan fingerprint density at radius 1 is 0.474 bits per heavy atom. The van der Waals surface area contributed by atoms with Crippen LogP contribution >= 0.6 is 99.7 Å². The molecular weight excluding hydrogens is 894 g/mol. The van der Waals surface area contributed by atoms with E-state index in [0.717, 1.165) is 50.9 Å². The fourth-order valence-electron chi connectivity index (χ4n) is 2.84. The van der Waals surface area contributed by atoms with Crippen LogP contribution in [0.2, 0.25) is 0 Å². The molecule has 2 heterocycles. The van der Waals surface area contributed by atoms with Gasteiger partial charge in [0.2, 0.25) is 0 Å². The minimum absolute atomic E-state index is 0.442. The Kier molecular flexibility index (Phi) is 22.1. The summed E-state index contributed by atoms with van der Waals surface area (Å²) < 4.78 is 49.0. The van der Waals surface area contributed by atoms with Crippen molar-refractivity contribution in [3.63, 3.8) is 0 Å².